The van der Waals surface area contributed by atoms with Crippen LogP contribution in [0.1, 0.15) is 12.0 Å². The zero-order valence-electron chi connectivity index (χ0n) is 13.9. The fourth-order valence-corrected chi connectivity index (χ4v) is 2.71. The van der Waals surface area contributed by atoms with Crippen molar-refractivity contribution in [3.8, 4) is 0 Å². The standard InChI is InChI=1S/C17H25N3O3/c1-18(10-6-9-15-7-4-3-5-8-15)16(21)19-11-13-20(14-12-19)17(22)23-2/h3-5,7-8H,6,9-14H2,1-2H3. The molecule has 0 aliphatic carbocycles. The summed E-state index contributed by atoms with van der Waals surface area (Å²) in [6.45, 7) is 2.88. The lowest BCUT2D eigenvalue weighted by atomic mass is 10.1. The molecule has 23 heavy (non-hydrogen) atoms. The molecule has 1 aromatic carbocycles. The lowest BCUT2D eigenvalue weighted by Gasteiger charge is -2.35. The number of nitrogens with zero attached hydrogens (tertiary/aromatic N) is 3. The Labute approximate surface area is 137 Å². The zero-order chi connectivity index (χ0) is 16.7. The van der Waals surface area contributed by atoms with Crippen molar-refractivity contribution in [3.05, 3.63) is 35.9 Å². The van der Waals surface area contributed by atoms with E-state index in [-0.39, 0.29) is 12.1 Å². The van der Waals surface area contributed by atoms with Gasteiger partial charge in [0.1, 0.15) is 0 Å². The van der Waals surface area contributed by atoms with Gasteiger partial charge in [-0.25, -0.2) is 9.59 Å². The molecule has 1 aliphatic heterocycles. The van der Waals surface area contributed by atoms with Crippen molar-refractivity contribution in [1.82, 2.24) is 14.7 Å². The Morgan fingerprint density at radius 1 is 1.09 bits per heavy atom. The van der Waals surface area contributed by atoms with Crippen LogP contribution in [0.25, 0.3) is 0 Å². The summed E-state index contributed by atoms with van der Waals surface area (Å²) in [5, 5.41) is 0. The molecule has 0 atom stereocenters. The maximum atomic E-state index is 12.4. The molecule has 1 saturated heterocycles. The van der Waals surface area contributed by atoms with Gasteiger partial charge in [0.2, 0.25) is 0 Å². The van der Waals surface area contributed by atoms with Crippen LogP contribution in [0.5, 0.6) is 0 Å². The molecular formula is C17H25N3O3. The van der Waals surface area contributed by atoms with E-state index < -0.39 is 0 Å². The second kappa shape index (κ2) is 8.41. The average molecular weight is 319 g/mol. The molecule has 0 aromatic heterocycles. The molecule has 126 valence electrons. The van der Waals surface area contributed by atoms with Crippen molar-refractivity contribution < 1.29 is 14.3 Å². The van der Waals surface area contributed by atoms with Crippen LogP contribution in [0.15, 0.2) is 30.3 Å². The predicted octanol–water partition coefficient (Wildman–Crippen LogP) is 2.06. The summed E-state index contributed by atoms with van der Waals surface area (Å²) in [6, 6.07) is 10.3. The first-order valence-electron chi connectivity index (χ1n) is 7.98. The number of carbonyl (C=O) groups is 2. The second-order valence-corrected chi connectivity index (χ2v) is 5.74. The molecule has 0 spiro atoms. The monoisotopic (exact) mass is 319 g/mol. The third-order valence-electron chi connectivity index (χ3n) is 4.11. The normalized spacial score (nSPS) is 14.5. The molecular weight excluding hydrogens is 294 g/mol. The van der Waals surface area contributed by atoms with Gasteiger partial charge in [-0.1, -0.05) is 30.3 Å². The Bertz CT molecular complexity index is 513. The summed E-state index contributed by atoms with van der Waals surface area (Å²) in [5.74, 6) is 0. The second-order valence-electron chi connectivity index (χ2n) is 5.74. The minimum Gasteiger partial charge on any atom is -0.453 e. The maximum Gasteiger partial charge on any atom is 0.409 e. The first kappa shape index (κ1) is 17.1. The summed E-state index contributed by atoms with van der Waals surface area (Å²) in [4.78, 5) is 29.0. The van der Waals surface area contributed by atoms with Gasteiger partial charge in [0.05, 0.1) is 7.11 Å². The highest BCUT2D eigenvalue weighted by molar-refractivity contribution is 5.75. The van der Waals surface area contributed by atoms with Crippen LogP contribution in [0.3, 0.4) is 0 Å². The lowest BCUT2D eigenvalue weighted by molar-refractivity contribution is 0.0903. The molecule has 1 fully saturated rings. The number of aryl methyl sites for hydroxylation is 1. The van der Waals surface area contributed by atoms with Crippen molar-refractivity contribution in [1.29, 1.82) is 0 Å². The van der Waals surface area contributed by atoms with Crippen LogP contribution in [0.2, 0.25) is 0 Å². The number of benzene rings is 1. The highest BCUT2D eigenvalue weighted by atomic mass is 16.5. The summed E-state index contributed by atoms with van der Waals surface area (Å²) in [5.41, 5.74) is 1.29. The van der Waals surface area contributed by atoms with Crippen molar-refractivity contribution in [2.75, 3.05) is 46.9 Å². The van der Waals surface area contributed by atoms with E-state index in [1.54, 1.807) is 14.7 Å². The number of methoxy groups -OCH3 is 1. The Morgan fingerprint density at radius 3 is 2.30 bits per heavy atom. The molecule has 1 heterocycles. The first-order valence-corrected chi connectivity index (χ1v) is 7.98. The topological polar surface area (TPSA) is 53.1 Å². The minimum absolute atomic E-state index is 0.0302. The molecule has 2 rings (SSSR count). The number of hydrogen-bond donors (Lipinski definition) is 0. The van der Waals surface area contributed by atoms with E-state index in [4.69, 9.17) is 4.74 Å². The van der Waals surface area contributed by atoms with Gasteiger partial charge in [-0.15, -0.1) is 0 Å². The number of hydrogen-bond acceptors (Lipinski definition) is 3. The minimum atomic E-state index is -0.326. The predicted molar refractivity (Wildman–Crippen MR) is 88.3 cm³/mol. The molecule has 6 heteroatoms. The zero-order valence-corrected chi connectivity index (χ0v) is 13.9. The number of carbonyl (C=O) groups excluding carboxylic acids is 2. The van der Waals surface area contributed by atoms with Crippen LogP contribution >= 0.6 is 0 Å². The quantitative estimate of drug-likeness (QED) is 0.853. The fraction of sp³-hybridized carbons (Fsp3) is 0.529. The summed E-state index contributed by atoms with van der Waals surface area (Å²) in [7, 11) is 3.21. The summed E-state index contributed by atoms with van der Waals surface area (Å²) in [6.07, 6.45) is 1.58. The van der Waals surface area contributed by atoms with Crippen molar-refractivity contribution in [2.24, 2.45) is 0 Å². The van der Waals surface area contributed by atoms with Gasteiger partial charge in [-0.05, 0) is 18.4 Å². The average Bonchev–Trinajstić information content (AvgIpc) is 2.61. The number of piperazine rings is 1. The van der Waals surface area contributed by atoms with E-state index in [1.165, 1.54) is 12.7 Å². The van der Waals surface area contributed by atoms with Gasteiger partial charge in [0.15, 0.2) is 0 Å². The molecule has 0 saturated carbocycles. The smallest absolute Gasteiger partial charge is 0.409 e. The van der Waals surface area contributed by atoms with Gasteiger partial charge in [-0.3, -0.25) is 0 Å². The number of rotatable bonds is 4. The highest BCUT2D eigenvalue weighted by Crippen LogP contribution is 2.08. The van der Waals surface area contributed by atoms with E-state index in [1.807, 2.05) is 25.2 Å². The van der Waals surface area contributed by atoms with Gasteiger partial charge in [-0.2, -0.15) is 0 Å². The Hall–Kier alpha value is -2.24. The van der Waals surface area contributed by atoms with Crippen molar-refractivity contribution in [2.45, 2.75) is 12.8 Å². The number of amides is 3. The van der Waals surface area contributed by atoms with Crippen molar-refractivity contribution >= 4 is 12.1 Å². The van der Waals surface area contributed by atoms with E-state index in [0.717, 1.165) is 19.4 Å². The Kier molecular flexibility index (Phi) is 6.26. The highest BCUT2D eigenvalue weighted by Gasteiger charge is 2.25. The molecule has 1 aromatic rings. The lowest BCUT2D eigenvalue weighted by Crippen LogP contribution is -2.53. The maximum absolute atomic E-state index is 12.4. The fourth-order valence-electron chi connectivity index (χ4n) is 2.71. The van der Waals surface area contributed by atoms with Crippen LogP contribution in [0, 0.1) is 0 Å². The van der Waals surface area contributed by atoms with E-state index in [9.17, 15) is 9.59 Å². The van der Waals surface area contributed by atoms with E-state index >= 15 is 0 Å². The molecule has 3 amide bonds. The van der Waals surface area contributed by atoms with Crippen LogP contribution in [0.4, 0.5) is 9.59 Å². The van der Waals surface area contributed by atoms with E-state index in [2.05, 4.69) is 12.1 Å². The molecule has 0 unspecified atom stereocenters. The van der Waals surface area contributed by atoms with Crippen molar-refractivity contribution in [3.63, 3.8) is 0 Å². The number of ether oxygens (including phenoxy) is 1. The molecule has 6 nitrogen and oxygen atoms in total. The summed E-state index contributed by atoms with van der Waals surface area (Å²) < 4.78 is 4.70. The van der Waals surface area contributed by atoms with E-state index in [0.29, 0.717) is 26.2 Å². The van der Waals surface area contributed by atoms with Gasteiger partial charge in [0, 0.05) is 39.8 Å². The third kappa shape index (κ3) is 4.87. The van der Waals surface area contributed by atoms with Crippen LogP contribution in [-0.2, 0) is 11.2 Å². The Balaban J connectivity index is 1.72. The summed E-state index contributed by atoms with van der Waals surface area (Å²) >= 11 is 0. The van der Waals surface area contributed by atoms with Crippen LogP contribution in [-0.4, -0.2) is 73.7 Å². The molecule has 0 bridgehead atoms. The van der Waals surface area contributed by atoms with Gasteiger partial charge in [0.25, 0.3) is 0 Å². The first-order chi connectivity index (χ1) is 11.1. The number of urea groups is 1. The van der Waals surface area contributed by atoms with Gasteiger partial charge < -0.3 is 19.4 Å². The third-order valence-corrected chi connectivity index (χ3v) is 4.11. The van der Waals surface area contributed by atoms with Crippen LogP contribution < -0.4 is 0 Å². The van der Waals surface area contributed by atoms with Gasteiger partial charge >= 0.3 is 12.1 Å². The SMILES string of the molecule is COC(=O)N1CCN(C(=O)N(C)CCCc2ccccc2)CC1. The largest absolute Gasteiger partial charge is 0.453 e. The molecule has 1 aliphatic rings. The molecule has 0 radical (unpaired) electrons. The molecule has 0 N–H and O–H groups in total. The Morgan fingerprint density at radius 2 is 1.70 bits per heavy atom.